The van der Waals surface area contributed by atoms with Gasteiger partial charge >= 0.3 is 0 Å². The van der Waals surface area contributed by atoms with E-state index in [2.05, 4.69) is 70.0 Å². The van der Waals surface area contributed by atoms with Crippen LogP contribution in [-0.4, -0.2) is 4.83 Å². The number of alkyl halides is 1. The van der Waals surface area contributed by atoms with E-state index in [0.29, 0.717) is 10.7 Å². The second-order valence-corrected chi connectivity index (χ2v) is 5.26. The number of rotatable bonds is 3. The molecule has 0 aliphatic rings. The van der Waals surface area contributed by atoms with Crippen LogP contribution in [0.4, 0.5) is 0 Å². The number of benzene rings is 1. The lowest BCUT2D eigenvalue weighted by Crippen LogP contribution is -2.08. The van der Waals surface area contributed by atoms with Crippen molar-refractivity contribution < 1.29 is 0 Å². The molecule has 1 aromatic carbocycles. The molecular weight excluding hydrogens is 292 g/mol. The summed E-state index contributed by atoms with van der Waals surface area (Å²) >= 11 is 7.27. The van der Waals surface area contributed by atoms with Gasteiger partial charge in [0.15, 0.2) is 0 Å². The van der Waals surface area contributed by atoms with E-state index in [1.165, 1.54) is 10.0 Å². The van der Waals surface area contributed by atoms with Gasteiger partial charge < -0.3 is 0 Å². The Morgan fingerprint density at radius 3 is 2.46 bits per heavy atom. The van der Waals surface area contributed by atoms with Crippen LogP contribution in [-0.2, 0) is 0 Å². The minimum absolute atomic E-state index is 0.556. The molecule has 0 saturated carbocycles. The van der Waals surface area contributed by atoms with E-state index in [9.17, 15) is 0 Å². The van der Waals surface area contributed by atoms with Crippen LogP contribution in [0, 0.1) is 0 Å². The first-order valence-electron chi connectivity index (χ1n) is 4.55. The summed E-state index contributed by atoms with van der Waals surface area (Å²) in [5.74, 6) is 0.556. The van der Waals surface area contributed by atoms with Crippen molar-refractivity contribution in [3.05, 3.63) is 34.3 Å². The van der Waals surface area contributed by atoms with E-state index in [-0.39, 0.29) is 0 Å². The second kappa shape index (κ2) is 5.16. The fourth-order valence-electron chi connectivity index (χ4n) is 1.39. The summed E-state index contributed by atoms with van der Waals surface area (Å²) in [6, 6.07) is 8.42. The van der Waals surface area contributed by atoms with E-state index in [4.69, 9.17) is 0 Å². The van der Waals surface area contributed by atoms with Crippen LogP contribution in [0.3, 0.4) is 0 Å². The van der Waals surface area contributed by atoms with Gasteiger partial charge in [-0.1, -0.05) is 63.9 Å². The summed E-state index contributed by atoms with van der Waals surface area (Å²) in [7, 11) is 0. The summed E-state index contributed by atoms with van der Waals surface area (Å²) in [5.41, 5.74) is 1.38. The molecule has 2 heteroatoms. The number of halogens is 2. The largest absolute Gasteiger partial charge is 0.0884 e. The molecule has 0 N–H and O–H groups in total. The standard InChI is InChI=1S/C11H14Br2/c1-3-10(12)8(2)9-6-4-5-7-11(9)13/h4-8,10H,3H2,1-2H3. The van der Waals surface area contributed by atoms with E-state index >= 15 is 0 Å². The van der Waals surface area contributed by atoms with Gasteiger partial charge in [-0.05, 0) is 24.0 Å². The Kier molecular flexibility index (Phi) is 4.47. The Bertz CT molecular complexity index is 271. The molecule has 0 aromatic heterocycles. The lowest BCUT2D eigenvalue weighted by molar-refractivity contribution is 0.691. The van der Waals surface area contributed by atoms with Gasteiger partial charge in [0.1, 0.15) is 0 Å². The molecule has 2 atom stereocenters. The topological polar surface area (TPSA) is 0 Å². The molecule has 0 spiro atoms. The van der Waals surface area contributed by atoms with Crippen molar-refractivity contribution in [1.29, 1.82) is 0 Å². The van der Waals surface area contributed by atoms with Crippen LogP contribution in [0.5, 0.6) is 0 Å². The SMILES string of the molecule is CCC(Br)C(C)c1ccccc1Br. The molecule has 13 heavy (non-hydrogen) atoms. The summed E-state index contributed by atoms with van der Waals surface area (Å²) < 4.78 is 1.21. The molecule has 0 heterocycles. The van der Waals surface area contributed by atoms with E-state index in [0.717, 1.165) is 6.42 Å². The van der Waals surface area contributed by atoms with E-state index in [1.54, 1.807) is 0 Å². The highest BCUT2D eigenvalue weighted by Gasteiger charge is 2.15. The monoisotopic (exact) mass is 304 g/mol. The van der Waals surface area contributed by atoms with E-state index < -0.39 is 0 Å². The van der Waals surface area contributed by atoms with Crippen molar-refractivity contribution >= 4 is 31.9 Å². The van der Waals surface area contributed by atoms with Crippen LogP contribution >= 0.6 is 31.9 Å². The minimum Gasteiger partial charge on any atom is -0.0884 e. The molecule has 1 rings (SSSR count). The van der Waals surface area contributed by atoms with Crippen LogP contribution < -0.4 is 0 Å². The second-order valence-electron chi connectivity index (χ2n) is 3.23. The van der Waals surface area contributed by atoms with Crippen LogP contribution in [0.25, 0.3) is 0 Å². The van der Waals surface area contributed by atoms with Gasteiger partial charge in [-0.15, -0.1) is 0 Å². The van der Waals surface area contributed by atoms with Crippen molar-refractivity contribution in [2.75, 3.05) is 0 Å². The van der Waals surface area contributed by atoms with Crippen LogP contribution in [0.2, 0.25) is 0 Å². The maximum atomic E-state index is 3.69. The zero-order valence-corrected chi connectivity index (χ0v) is 11.1. The third kappa shape index (κ3) is 2.81. The van der Waals surface area contributed by atoms with Crippen molar-refractivity contribution in [1.82, 2.24) is 0 Å². The van der Waals surface area contributed by atoms with Crippen LogP contribution in [0.15, 0.2) is 28.7 Å². The predicted molar refractivity (Wildman–Crippen MR) is 65.6 cm³/mol. The maximum Gasteiger partial charge on any atom is 0.0210 e. The molecule has 0 saturated heterocycles. The fourth-order valence-corrected chi connectivity index (χ4v) is 2.32. The molecular formula is C11H14Br2. The van der Waals surface area contributed by atoms with E-state index in [1.807, 2.05) is 0 Å². The molecule has 0 amide bonds. The Balaban J connectivity index is 2.88. The third-order valence-corrected chi connectivity index (χ3v) is 4.49. The van der Waals surface area contributed by atoms with Gasteiger partial charge in [-0.3, -0.25) is 0 Å². The highest BCUT2D eigenvalue weighted by atomic mass is 79.9. The predicted octanol–water partition coefficient (Wildman–Crippen LogP) is 4.73. The summed E-state index contributed by atoms with van der Waals surface area (Å²) in [5, 5.41) is 0. The van der Waals surface area contributed by atoms with Crippen molar-refractivity contribution in [2.24, 2.45) is 0 Å². The first-order valence-corrected chi connectivity index (χ1v) is 6.26. The minimum atomic E-state index is 0.556. The molecule has 0 aliphatic heterocycles. The highest BCUT2D eigenvalue weighted by Crippen LogP contribution is 2.31. The average Bonchev–Trinajstić information content (AvgIpc) is 2.16. The summed E-state index contributed by atoms with van der Waals surface area (Å²) in [4.78, 5) is 0.561. The van der Waals surface area contributed by atoms with Gasteiger partial charge in [0.25, 0.3) is 0 Å². The molecule has 0 nitrogen and oxygen atoms in total. The van der Waals surface area contributed by atoms with Crippen molar-refractivity contribution in [2.45, 2.75) is 31.0 Å². The smallest absolute Gasteiger partial charge is 0.0210 e. The lowest BCUT2D eigenvalue weighted by atomic mass is 9.97. The zero-order valence-electron chi connectivity index (χ0n) is 7.93. The van der Waals surface area contributed by atoms with Crippen molar-refractivity contribution in [3.8, 4) is 0 Å². The highest BCUT2D eigenvalue weighted by molar-refractivity contribution is 9.10. The van der Waals surface area contributed by atoms with Crippen LogP contribution in [0.1, 0.15) is 31.7 Å². The Morgan fingerprint density at radius 1 is 1.31 bits per heavy atom. The average molecular weight is 306 g/mol. The Hall–Kier alpha value is 0.180. The molecule has 0 radical (unpaired) electrons. The lowest BCUT2D eigenvalue weighted by Gasteiger charge is -2.18. The Morgan fingerprint density at radius 2 is 1.92 bits per heavy atom. The molecule has 1 aromatic rings. The quantitative estimate of drug-likeness (QED) is 0.708. The summed E-state index contributed by atoms with van der Waals surface area (Å²) in [6.07, 6.45) is 1.16. The molecule has 0 bridgehead atoms. The zero-order chi connectivity index (χ0) is 9.84. The number of hydrogen-bond acceptors (Lipinski definition) is 0. The fraction of sp³-hybridized carbons (Fsp3) is 0.455. The van der Waals surface area contributed by atoms with Crippen molar-refractivity contribution in [3.63, 3.8) is 0 Å². The van der Waals surface area contributed by atoms with Gasteiger partial charge in [-0.25, -0.2) is 0 Å². The molecule has 0 fully saturated rings. The molecule has 72 valence electrons. The maximum absolute atomic E-state index is 3.69. The first kappa shape index (κ1) is 11.3. The first-order chi connectivity index (χ1) is 6.16. The third-order valence-electron chi connectivity index (χ3n) is 2.33. The summed E-state index contributed by atoms with van der Waals surface area (Å²) in [6.45, 7) is 4.45. The molecule has 0 aliphatic carbocycles. The Labute approximate surface area is 97.0 Å². The van der Waals surface area contributed by atoms with Gasteiger partial charge in [-0.2, -0.15) is 0 Å². The van der Waals surface area contributed by atoms with Gasteiger partial charge in [0.05, 0.1) is 0 Å². The number of hydrogen-bond donors (Lipinski definition) is 0. The van der Waals surface area contributed by atoms with Gasteiger partial charge in [0.2, 0.25) is 0 Å². The van der Waals surface area contributed by atoms with Gasteiger partial charge in [0, 0.05) is 9.30 Å². The normalized spacial score (nSPS) is 15.4. The molecule has 2 unspecified atom stereocenters.